The summed E-state index contributed by atoms with van der Waals surface area (Å²) < 4.78 is 5.42. The van der Waals surface area contributed by atoms with Crippen molar-refractivity contribution in [3.8, 4) is 11.1 Å². The number of ether oxygens (including phenoxy) is 1. The van der Waals surface area contributed by atoms with Crippen LogP contribution in [0.4, 0.5) is 16.3 Å². The molecule has 1 aliphatic rings. The van der Waals surface area contributed by atoms with E-state index in [0.29, 0.717) is 38.4 Å². The Kier molecular flexibility index (Phi) is 7.51. The molecule has 2 aromatic carbocycles. The van der Waals surface area contributed by atoms with Crippen LogP contribution < -0.4 is 10.2 Å². The lowest BCUT2D eigenvalue weighted by atomic mass is 10.1. The van der Waals surface area contributed by atoms with Crippen LogP contribution in [0, 0.1) is 0 Å². The lowest BCUT2D eigenvalue weighted by Crippen LogP contribution is -2.48. The Morgan fingerprint density at radius 3 is 2.47 bits per heavy atom. The first-order valence-electron chi connectivity index (χ1n) is 11.2. The molecule has 0 unspecified atom stereocenters. The quantitative estimate of drug-likeness (QED) is 0.525. The number of morpholine rings is 1. The number of anilines is 2. The average Bonchev–Trinajstić information content (AvgIpc) is 2.92. The lowest BCUT2D eigenvalue weighted by Gasteiger charge is -2.33. The van der Waals surface area contributed by atoms with E-state index < -0.39 is 6.61 Å². The van der Waals surface area contributed by atoms with Gasteiger partial charge >= 0.3 is 6.03 Å². The number of Topliss-reactive ketones (excluding diaryl/α,β-unsaturated/α-hetero) is 1. The van der Waals surface area contributed by atoms with Gasteiger partial charge in [-0.3, -0.25) is 9.69 Å². The molecule has 4 rings (SSSR count). The minimum Gasteiger partial charge on any atom is -0.388 e. The molecule has 0 spiro atoms. The van der Waals surface area contributed by atoms with Gasteiger partial charge in [0, 0.05) is 43.1 Å². The monoisotopic (exact) mass is 460 g/mol. The second-order valence-electron chi connectivity index (χ2n) is 7.98. The first-order valence-corrected chi connectivity index (χ1v) is 11.2. The third kappa shape index (κ3) is 5.41. The highest BCUT2D eigenvalue weighted by molar-refractivity contribution is 5.97. The molecule has 8 nitrogen and oxygen atoms in total. The lowest BCUT2D eigenvalue weighted by molar-refractivity contribution is 0.0548. The smallest absolute Gasteiger partial charge is 0.324 e. The van der Waals surface area contributed by atoms with Gasteiger partial charge in [0.1, 0.15) is 12.4 Å². The Balaban J connectivity index is 1.64. The van der Waals surface area contributed by atoms with E-state index in [1.54, 1.807) is 28.1 Å². The van der Waals surface area contributed by atoms with E-state index in [4.69, 9.17) is 9.84 Å². The number of aromatic nitrogens is 1. The molecule has 34 heavy (non-hydrogen) atoms. The second kappa shape index (κ2) is 10.9. The molecule has 1 aliphatic heterocycles. The van der Waals surface area contributed by atoms with E-state index >= 15 is 0 Å². The molecule has 2 amide bonds. The number of rotatable bonds is 7. The molecule has 0 atom stereocenters. The minimum atomic E-state index is -0.530. The summed E-state index contributed by atoms with van der Waals surface area (Å²) in [7, 11) is 1.82. The van der Waals surface area contributed by atoms with Crippen molar-refractivity contribution in [2.45, 2.75) is 6.54 Å². The second-order valence-corrected chi connectivity index (χ2v) is 7.98. The fraction of sp³-hybridized carbons (Fsp3) is 0.269. The number of carbonyl (C=O) groups excluding carboxylic acids is 2. The average molecular weight is 461 g/mol. The molecule has 1 fully saturated rings. The van der Waals surface area contributed by atoms with Gasteiger partial charge in [0.05, 0.1) is 19.8 Å². The highest BCUT2D eigenvalue weighted by Gasteiger charge is 2.25. The van der Waals surface area contributed by atoms with Crippen LogP contribution in [0.3, 0.4) is 0 Å². The van der Waals surface area contributed by atoms with E-state index in [-0.39, 0.29) is 11.8 Å². The van der Waals surface area contributed by atoms with Gasteiger partial charge in [0.25, 0.3) is 0 Å². The van der Waals surface area contributed by atoms with E-state index in [1.807, 2.05) is 55.6 Å². The zero-order valence-electron chi connectivity index (χ0n) is 19.1. The van der Waals surface area contributed by atoms with Crippen molar-refractivity contribution < 1.29 is 19.4 Å². The molecule has 0 bridgehead atoms. The number of amides is 2. The Labute approximate surface area is 198 Å². The van der Waals surface area contributed by atoms with Gasteiger partial charge in [-0.25, -0.2) is 9.78 Å². The fourth-order valence-corrected chi connectivity index (χ4v) is 3.83. The van der Waals surface area contributed by atoms with Gasteiger partial charge in [-0.05, 0) is 35.4 Å². The molecular formula is C26H28N4O4. The standard InChI is InChI=1S/C26H28N4O4/c1-27-25-10-9-22(16-28-25)21-3-2-4-23(15-21)30(26(33)29-11-13-34-14-12-29)17-19-5-7-20(8-6-19)24(32)18-31/h2-10,15-16,31H,11-14,17-18H2,1H3,(H,27,28). The SMILES string of the molecule is CNc1ccc(-c2cccc(N(Cc3ccc(C(=O)CO)cc3)C(=O)N3CCOCC3)c2)cn1. The Morgan fingerprint density at radius 2 is 1.82 bits per heavy atom. The number of benzene rings is 2. The molecule has 1 aromatic heterocycles. The summed E-state index contributed by atoms with van der Waals surface area (Å²) in [6.07, 6.45) is 1.80. The van der Waals surface area contributed by atoms with Crippen molar-refractivity contribution in [1.82, 2.24) is 9.88 Å². The van der Waals surface area contributed by atoms with Crippen LogP contribution >= 0.6 is 0 Å². The van der Waals surface area contributed by atoms with Crippen LogP contribution in [0.15, 0.2) is 66.9 Å². The van der Waals surface area contributed by atoms with Crippen LogP contribution in [0.1, 0.15) is 15.9 Å². The van der Waals surface area contributed by atoms with Crippen molar-refractivity contribution in [2.24, 2.45) is 0 Å². The molecule has 176 valence electrons. The highest BCUT2D eigenvalue weighted by Crippen LogP contribution is 2.27. The van der Waals surface area contributed by atoms with Crippen molar-refractivity contribution in [3.05, 3.63) is 78.0 Å². The van der Waals surface area contributed by atoms with Gasteiger partial charge in [-0.15, -0.1) is 0 Å². The van der Waals surface area contributed by atoms with Gasteiger partial charge in [-0.1, -0.05) is 36.4 Å². The number of carbonyl (C=O) groups is 2. The summed E-state index contributed by atoms with van der Waals surface area (Å²) in [6, 6.07) is 18.6. The first-order chi connectivity index (χ1) is 16.6. The maximum Gasteiger partial charge on any atom is 0.324 e. The number of aliphatic hydroxyl groups excluding tert-OH is 1. The normalized spacial score (nSPS) is 13.4. The fourth-order valence-electron chi connectivity index (χ4n) is 3.83. The maximum atomic E-state index is 13.5. The number of pyridine rings is 1. The molecule has 2 heterocycles. The topological polar surface area (TPSA) is 95.0 Å². The summed E-state index contributed by atoms with van der Waals surface area (Å²) in [5.41, 5.74) is 3.99. The molecule has 2 N–H and O–H groups in total. The minimum absolute atomic E-state index is 0.0976. The molecule has 0 radical (unpaired) electrons. The summed E-state index contributed by atoms with van der Waals surface area (Å²) in [6.45, 7) is 1.91. The summed E-state index contributed by atoms with van der Waals surface area (Å²) in [4.78, 5) is 33.2. The van der Waals surface area contributed by atoms with Gasteiger partial charge in [-0.2, -0.15) is 0 Å². The molecule has 0 aliphatic carbocycles. The number of nitrogens with zero attached hydrogens (tertiary/aromatic N) is 3. The number of hydrogen-bond acceptors (Lipinski definition) is 6. The van der Waals surface area contributed by atoms with Crippen LogP contribution in [-0.4, -0.2) is 66.8 Å². The van der Waals surface area contributed by atoms with Crippen molar-refractivity contribution in [2.75, 3.05) is 50.2 Å². The van der Waals surface area contributed by atoms with Crippen molar-refractivity contribution in [3.63, 3.8) is 0 Å². The van der Waals surface area contributed by atoms with Crippen molar-refractivity contribution >= 4 is 23.3 Å². The van der Waals surface area contributed by atoms with Crippen LogP contribution in [0.5, 0.6) is 0 Å². The van der Waals surface area contributed by atoms with E-state index in [1.165, 1.54) is 0 Å². The molecule has 1 saturated heterocycles. The Bertz CT molecular complexity index is 1130. The molecular weight excluding hydrogens is 432 g/mol. The van der Waals surface area contributed by atoms with E-state index in [2.05, 4.69) is 10.3 Å². The highest BCUT2D eigenvalue weighted by atomic mass is 16.5. The van der Waals surface area contributed by atoms with Gasteiger partial charge in [0.15, 0.2) is 5.78 Å². The van der Waals surface area contributed by atoms with Crippen LogP contribution in [0.2, 0.25) is 0 Å². The summed E-state index contributed by atoms with van der Waals surface area (Å²) in [5, 5.41) is 12.1. The van der Waals surface area contributed by atoms with Crippen molar-refractivity contribution in [1.29, 1.82) is 0 Å². The zero-order chi connectivity index (χ0) is 23.9. The predicted molar refractivity (Wildman–Crippen MR) is 131 cm³/mol. The van der Waals surface area contributed by atoms with Gasteiger partial charge in [0.2, 0.25) is 0 Å². The van der Waals surface area contributed by atoms with E-state index in [0.717, 1.165) is 28.2 Å². The number of urea groups is 1. The predicted octanol–water partition coefficient (Wildman–Crippen LogP) is 3.42. The molecule has 3 aromatic rings. The Hall–Kier alpha value is -3.75. The zero-order valence-corrected chi connectivity index (χ0v) is 19.1. The van der Waals surface area contributed by atoms with Gasteiger partial charge < -0.3 is 20.1 Å². The number of hydrogen-bond donors (Lipinski definition) is 2. The Morgan fingerprint density at radius 1 is 1.06 bits per heavy atom. The third-order valence-corrected chi connectivity index (χ3v) is 5.78. The van der Waals surface area contributed by atoms with Crippen LogP contribution in [0.25, 0.3) is 11.1 Å². The third-order valence-electron chi connectivity index (χ3n) is 5.78. The molecule has 0 saturated carbocycles. The number of ketones is 1. The first kappa shape index (κ1) is 23.4. The van der Waals surface area contributed by atoms with E-state index in [9.17, 15) is 9.59 Å². The maximum absolute atomic E-state index is 13.5. The molecule has 8 heteroatoms. The summed E-state index contributed by atoms with van der Waals surface area (Å²) in [5.74, 6) is 0.450. The largest absolute Gasteiger partial charge is 0.388 e. The number of nitrogens with one attached hydrogen (secondary N) is 1. The number of aliphatic hydroxyl groups is 1. The summed E-state index contributed by atoms with van der Waals surface area (Å²) >= 11 is 0. The van der Waals surface area contributed by atoms with Crippen LogP contribution in [-0.2, 0) is 11.3 Å².